The molecule has 0 saturated heterocycles. The van der Waals surface area contributed by atoms with E-state index in [0.717, 1.165) is 5.56 Å². The standard InChI is InChI=1S/C22H19N3O5/c1-28-16-9-13(10-17(29-2)20(16)30-3)15-11-14(22(26)27)18-19(24-25-21(18)23-15)12-7-5-4-6-8-12/h4-11H,1-3H3,(H,26,27)(H,23,24,25). The summed E-state index contributed by atoms with van der Waals surface area (Å²) in [6.07, 6.45) is 0. The largest absolute Gasteiger partial charge is 0.493 e. The SMILES string of the molecule is COc1cc(-c2cc(C(=O)O)c3c(-c4ccccc4)[nH]nc3n2)cc(OC)c1OC. The Hall–Kier alpha value is -4.07. The lowest BCUT2D eigenvalue weighted by atomic mass is 10.0. The summed E-state index contributed by atoms with van der Waals surface area (Å²) in [6.45, 7) is 0. The lowest BCUT2D eigenvalue weighted by molar-refractivity contribution is 0.0699. The molecule has 2 aromatic heterocycles. The Morgan fingerprint density at radius 3 is 2.17 bits per heavy atom. The van der Waals surface area contributed by atoms with Crippen molar-refractivity contribution in [1.82, 2.24) is 15.2 Å². The fraction of sp³-hybridized carbons (Fsp3) is 0.136. The second-order valence-corrected chi connectivity index (χ2v) is 6.44. The molecule has 0 aliphatic carbocycles. The first-order valence-corrected chi connectivity index (χ1v) is 9.05. The van der Waals surface area contributed by atoms with Gasteiger partial charge in [0.2, 0.25) is 5.75 Å². The molecule has 0 spiro atoms. The van der Waals surface area contributed by atoms with E-state index < -0.39 is 5.97 Å². The van der Waals surface area contributed by atoms with Gasteiger partial charge in [0, 0.05) is 11.1 Å². The van der Waals surface area contributed by atoms with Crippen molar-refractivity contribution in [3.05, 3.63) is 54.1 Å². The normalized spacial score (nSPS) is 10.8. The van der Waals surface area contributed by atoms with Gasteiger partial charge in [0.05, 0.1) is 43.7 Å². The van der Waals surface area contributed by atoms with E-state index in [0.29, 0.717) is 45.2 Å². The maximum absolute atomic E-state index is 12.1. The molecule has 4 rings (SSSR count). The van der Waals surface area contributed by atoms with Gasteiger partial charge in [-0.25, -0.2) is 9.78 Å². The number of carboxylic acids is 1. The summed E-state index contributed by atoms with van der Waals surface area (Å²) in [7, 11) is 4.54. The number of pyridine rings is 1. The van der Waals surface area contributed by atoms with E-state index in [1.54, 1.807) is 12.1 Å². The lowest BCUT2D eigenvalue weighted by Crippen LogP contribution is -2.01. The average Bonchev–Trinajstić information content (AvgIpc) is 3.21. The molecule has 0 atom stereocenters. The molecule has 8 heteroatoms. The number of hydrogen-bond acceptors (Lipinski definition) is 6. The number of rotatable bonds is 6. The van der Waals surface area contributed by atoms with Crippen LogP contribution in [0.2, 0.25) is 0 Å². The molecule has 0 amide bonds. The van der Waals surface area contributed by atoms with E-state index in [-0.39, 0.29) is 5.56 Å². The van der Waals surface area contributed by atoms with Crippen LogP contribution >= 0.6 is 0 Å². The molecule has 30 heavy (non-hydrogen) atoms. The maximum Gasteiger partial charge on any atom is 0.336 e. The monoisotopic (exact) mass is 405 g/mol. The molecule has 152 valence electrons. The summed E-state index contributed by atoms with van der Waals surface area (Å²) in [4.78, 5) is 16.7. The van der Waals surface area contributed by atoms with Gasteiger partial charge in [-0.2, -0.15) is 5.10 Å². The maximum atomic E-state index is 12.1. The zero-order valence-corrected chi connectivity index (χ0v) is 16.6. The summed E-state index contributed by atoms with van der Waals surface area (Å²) >= 11 is 0. The van der Waals surface area contributed by atoms with Crippen LogP contribution < -0.4 is 14.2 Å². The Balaban J connectivity index is 1.95. The number of nitrogens with zero attached hydrogens (tertiary/aromatic N) is 2. The first-order chi connectivity index (χ1) is 14.6. The zero-order chi connectivity index (χ0) is 21.3. The average molecular weight is 405 g/mol. The zero-order valence-electron chi connectivity index (χ0n) is 16.6. The number of methoxy groups -OCH3 is 3. The topological polar surface area (TPSA) is 107 Å². The number of nitrogens with one attached hydrogen (secondary N) is 1. The number of ether oxygens (including phenoxy) is 3. The second-order valence-electron chi connectivity index (χ2n) is 6.44. The number of aromatic nitrogens is 3. The van der Waals surface area contributed by atoms with E-state index in [4.69, 9.17) is 14.2 Å². The Morgan fingerprint density at radius 1 is 0.933 bits per heavy atom. The Bertz CT molecular complexity index is 1210. The number of hydrogen-bond donors (Lipinski definition) is 2. The van der Waals surface area contributed by atoms with Crippen LogP contribution in [0.5, 0.6) is 17.2 Å². The number of carboxylic acid groups (broad SMARTS) is 1. The van der Waals surface area contributed by atoms with Crippen LogP contribution in [-0.2, 0) is 0 Å². The van der Waals surface area contributed by atoms with Crippen LogP contribution in [0, 0.1) is 0 Å². The molecule has 4 aromatic rings. The van der Waals surface area contributed by atoms with Gasteiger partial charge in [-0.15, -0.1) is 0 Å². The third-order valence-electron chi connectivity index (χ3n) is 4.78. The van der Waals surface area contributed by atoms with Gasteiger partial charge in [0.1, 0.15) is 0 Å². The molecule has 2 N–H and O–H groups in total. The molecule has 0 fully saturated rings. The predicted octanol–water partition coefficient (Wildman–Crippen LogP) is 4.02. The van der Waals surface area contributed by atoms with Crippen LogP contribution in [0.1, 0.15) is 10.4 Å². The Kier molecular flexibility index (Phi) is 4.97. The van der Waals surface area contributed by atoms with Gasteiger partial charge in [-0.05, 0) is 18.2 Å². The van der Waals surface area contributed by atoms with Gasteiger partial charge in [-0.1, -0.05) is 30.3 Å². The quantitative estimate of drug-likeness (QED) is 0.499. The predicted molar refractivity (Wildman–Crippen MR) is 111 cm³/mol. The third-order valence-corrected chi connectivity index (χ3v) is 4.78. The number of benzene rings is 2. The molecular weight excluding hydrogens is 386 g/mol. The van der Waals surface area contributed by atoms with Gasteiger partial charge in [0.25, 0.3) is 0 Å². The molecule has 2 aromatic carbocycles. The Labute approximate surface area is 172 Å². The molecule has 0 unspecified atom stereocenters. The van der Waals surface area contributed by atoms with Gasteiger partial charge in [-0.3, -0.25) is 5.10 Å². The number of carbonyl (C=O) groups is 1. The molecule has 2 heterocycles. The van der Waals surface area contributed by atoms with Crippen LogP contribution in [-0.4, -0.2) is 47.6 Å². The van der Waals surface area contributed by atoms with Crippen molar-refractivity contribution in [2.75, 3.05) is 21.3 Å². The number of H-pyrrole nitrogens is 1. The van der Waals surface area contributed by atoms with Gasteiger partial charge >= 0.3 is 5.97 Å². The highest BCUT2D eigenvalue weighted by molar-refractivity contribution is 6.08. The van der Waals surface area contributed by atoms with E-state index in [1.807, 2.05) is 30.3 Å². The summed E-state index contributed by atoms with van der Waals surface area (Å²) in [5.74, 6) is 0.249. The fourth-order valence-corrected chi connectivity index (χ4v) is 3.38. The number of aromatic amines is 1. The molecular formula is C22H19N3O5. The van der Waals surface area contributed by atoms with Gasteiger partial charge < -0.3 is 19.3 Å². The van der Waals surface area contributed by atoms with Crippen LogP contribution in [0.15, 0.2) is 48.5 Å². The molecule has 0 saturated carbocycles. The highest BCUT2D eigenvalue weighted by Crippen LogP contribution is 2.41. The van der Waals surface area contributed by atoms with E-state index in [2.05, 4.69) is 15.2 Å². The van der Waals surface area contributed by atoms with E-state index in [9.17, 15) is 9.90 Å². The number of aromatic carboxylic acids is 1. The molecule has 0 aliphatic heterocycles. The smallest absolute Gasteiger partial charge is 0.336 e. The first-order valence-electron chi connectivity index (χ1n) is 9.05. The fourth-order valence-electron chi connectivity index (χ4n) is 3.38. The highest BCUT2D eigenvalue weighted by atomic mass is 16.5. The van der Waals surface area contributed by atoms with Gasteiger partial charge in [0.15, 0.2) is 17.1 Å². The summed E-state index contributed by atoms with van der Waals surface area (Å²) < 4.78 is 16.1. The minimum absolute atomic E-state index is 0.0938. The molecule has 0 aliphatic rings. The van der Waals surface area contributed by atoms with Crippen LogP contribution in [0.4, 0.5) is 0 Å². The van der Waals surface area contributed by atoms with Crippen molar-refractivity contribution in [3.63, 3.8) is 0 Å². The summed E-state index contributed by atoms with van der Waals surface area (Å²) in [5.41, 5.74) is 2.86. The Morgan fingerprint density at radius 2 is 1.60 bits per heavy atom. The minimum Gasteiger partial charge on any atom is -0.493 e. The minimum atomic E-state index is -1.07. The van der Waals surface area contributed by atoms with Crippen molar-refractivity contribution in [2.24, 2.45) is 0 Å². The van der Waals surface area contributed by atoms with Crippen molar-refractivity contribution in [2.45, 2.75) is 0 Å². The molecule has 0 bridgehead atoms. The van der Waals surface area contributed by atoms with Crippen molar-refractivity contribution >= 4 is 17.0 Å². The van der Waals surface area contributed by atoms with Crippen LogP contribution in [0.25, 0.3) is 33.5 Å². The summed E-state index contributed by atoms with van der Waals surface area (Å²) in [6, 6.07) is 14.4. The molecule has 0 radical (unpaired) electrons. The van der Waals surface area contributed by atoms with Crippen LogP contribution in [0.3, 0.4) is 0 Å². The summed E-state index contributed by atoms with van der Waals surface area (Å²) in [5, 5.41) is 17.5. The van der Waals surface area contributed by atoms with E-state index >= 15 is 0 Å². The highest BCUT2D eigenvalue weighted by Gasteiger charge is 2.21. The van der Waals surface area contributed by atoms with Crippen molar-refractivity contribution < 1.29 is 24.1 Å². The molecule has 8 nitrogen and oxygen atoms in total. The second kappa shape index (κ2) is 7.75. The number of fused-ring (bicyclic) bond motifs is 1. The van der Waals surface area contributed by atoms with Crippen molar-refractivity contribution in [1.29, 1.82) is 0 Å². The van der Waals surface area contributed by atoms with Crippen molar-refractivity contribution in [3.8, 4) is 39.8 Å². The third kappa shape index (κ3) is 3.18. The lowest BCUT2D eigenvalue weighted by Gasteiger charge is -2.14. The first kappa shape index (κ1) is 19.3. The van der Waals surface area contributed by atoms with E-state index in [1.165, 1.54) is 27.4 Å².